The standard InChI is InChI=1S/C21H20N2O5/c1-2-4-20(24)27-14-3-13-26-19-11-7-17(8-12-19)21(25)28-23-18-9-5-16(15-22)6-10-18/h2,4-12,23H,3,13-14H2,1H3. The van der Waals surface area contributed by atoms with Gasteiger partial charge in [-0.25, -0.2) is 15.1 Å². The Morgan fingerprint density at radius 3 is 2.43 bits per heavy atom. The van der Waals surface area contributed by atoms with Gasteiger partial charge >= 0.3 is 11.9 Å². The first-order chi connectivity index (χ1) is 13.6. The highest BCUT2D eigenvalue weighted by Gasteiger charge is 2.08. The number of rotatable bonds is 9. The molecule has 2 aromatic carbocycles. The number of hydrogen-bond acceptors (Lipinski definition) is 7. The predicted molar refractivity (Wildman–Crippen MR) is 103 cm³/mol. The van der Waals surface area contributed by atoms with Crippen LogP contribution >= 0.6 is 0 Å². The van der Waals surface area contributed by atoms with Crippen molar-refractivity contribution < 1.29 is 23.9 Å². The van der Waals surface area contributed by atoms with Crippen LogP contribution in [0.15, 0.2) is 60.7 Å². The van der Waals surface area contributed by atoms with Gasteiger partial charge in [0.05, 0.1) is 36.1 Å². The normalized spacial score (nSPS) is 10.1. The number of ether oxygens (including phenoxy) is 2. The highest BCUT2D eigenvalue weighted by Crippen LogP contribution is 2.14. The monoisotopic (exact) mass is 380 g/mol. The molecule has 2 aromatic rings. The number of nitriles is 1. The molecule has 0 saturated heterocycles. The maximum atomic E-state index is 12.0. The summed E-state index contributed by atoms with van der Waals surface area (Å²) in [5.74, 6) is -0.330. The fourth-order valence-electron chi connectivity index (χ4n) is 2.07. The number of nitrogens with zero attached hydrogens (tertiary/aromatic N) is 1. The van der Waals surface area contributed by atoms with Crippen LogP contribution in [0.1, 0.15) is 29.3 Å². The summed E-state index contributed by atoms with van der Waals surface area (Å²) in [5, 5.41) is 8.75. The zero-order chi connectivity index (χ0) is 20.2. The van der Waals surface area contributed by atoms with E-state index in [1.165, 1.54) is 6.08 Å². The van der Waals surface area contributed by atoms with Crippen molar-refractivity contribution >= 4 is 17.6 Å². The van der Waals surface area contributed by atoms with Crippen molar-refractivity contribution in [2.75, 3.05) is 18.7 Å². The first kappa shape index (κ1) is 20.5. The highest BCUT2D eigenvalue weighted by atomic mass is 16.7. The Bertz CT molecular complexity index is 852. The number of nitrogens with one attached hydrogen (secondary N) is 1. The predicted octanol–water partition coefficient (Wildman–Crippen LogP) is 3.63. The molecule has 0 fully saturated rings. The van der Waals surface area contributed by atoms with E-state index in [1.54, 1.807) is 61.5 Å². The zero-order valence-corrected chi connectivity index (χ0v) is 15.4. The second-order valence-electron chi connectivity index (χ2n) is 5.57. The van der Waals surface area contributed by atoms with Crippen molar-refractivity contribution in [3.8, 4) is 11.8 Å². The van der Waals surface area contributed by atoms with Crippen LogP contribution in [0.25, 0.3) is 0 Å². The number of carbonyl (C=O) groups excluding carboxylic acids is 2. The fraction of sp³-hybridized carbons (Fsp3) is 0.190. The van der Waals surface area contributed by atoms with E-state index in [-0.39, 0.29) is 12.6 Å². The van der Waals surface area contributed by atoms with Gasteiger partial charge in [-0.15, -0.1) is 0 Å². The molecule has 0 unspecified atom stereocenters. The lowest BCUT2D eigenvalue weighted by Crippen LogP contribution is -2.11. The number of esters is 1. The fourth-order valence-corrected chi connectivity index (χ4v) is 2.07. The van der Waals surface area contributed by atoms with E-state index in [0.29, 0.717) is 35.6 Å². The van der Waals surface area contributed by atoms with Crippen LogP contribution in [-0.4, -0.2) is 25.2 Å². The molecule has 0 aliphatic rings. The molecule has 0 amide bonds. The van der Waals surface area contributed by atoms with Gasteiger partial charge in [0.1, 0.15) is 5.75 Å². The molecule has 28 heavy (non-hydrogen) atoms. The molecule has 0 aromatic heterocycles. The number of hydrogen-bond donors (Lipinski definition) is 1. The van der Waals surface area contributed by atoms with Crippen molar-refractivity contribution in [1.82, 2.24) is 0 Å². The third kappa shape index (κ3) is 6.84. The largest absolute Gasteiger partial charge is 0.493 e. The van der Waals surface area contributed by atoms with Gasteiger partial charge in [-0.1, -0.05) is 6.08 Å². The lowest BCUT2D eigenvalue weighted by molar-refractivity contribution is -0.137. The van der Waals surface area contributed by atoms with Gasteiger partial charge in [0, 0.05) is 12.5 Å². The van der Waals surface area contributed by atoms with Crippen molar-refractivity contribution in [3.63, 3.8) is 0 Å². The molecule has 0 heterocycles. The summed E-state index contributed by atoms with van der Waals surface area (Å²) in [4.78, 5) is 28.2. The summed E-state index contributed by atoms with van der Waals surface area (Å²) in [7, 11) is 0. The molecule has 2 rings (SSSR count). The molecule has 0 atom stereocenters. The molecule has 0 bridgehead atoms. The van der Waals surface area contributed by atoms with Crippen LogP contribution in [0.5, 0.6) is 5.75 Å². The van der Waals surface area contributed by atoms with Crippen LogP contribution in [0, 0.1) is 11.3 Å². The van der Waals surface area contributed by atoms with Crippen LogP contribution < -0.4 is 10.2 Å². The molecule has 0 radical (unpaired) electrons. The summed E-state index contributed by atoms with van der Waals surface area (Å²) in [6.07, 6.45) is 3.53. The molecule has 0 saturated carbocycles. The first-order valence-electron chi connectivity index (χ1n) is 8.62. The quantitative estimate of drug-likeness (QED) is 0.307. The Morgan fingerprint density at radius 1 is 1.07 bits per heavy atom. The third-order valence-electron chi connectivity index (χ3n) is 3.47. The molecular weight excluding hydrogens is 360 g/mol. The van der Waals surface area contributed by atoms with E-state index in [9.17, 15) is 9.59 Å². The lowest BCUT2D eigenvalue weighted by Gasteiger charge is -2.08. The van der Waals surface area contributed by atoms with E-state index in [1.807, 2.05) is 6.07 Å². The summed E-state index contributed by atoms with van der Waals surface area (Å²) in [6.45, 7) is 2.40. The molecule has 0 spiro atoms. The highest BCUT2D eigenvalue weighted by molar-refractivity contribution is 5.90. The summed E-state index contributed by atoms with van der Waals surface area (Å²) in [6, 6.07) is 15.0. The number of carbonyl (C=O) groups is 2. The Balaban J connectivity index is 1.72. The molecule has 0 aliphatic carbocycles. The Labute approximate surface area is 163 Å². The smallest absolute Gasteiger partial charge is 0.362 e. The van der Waals surface area contributed by atoms with E-state index < -0.39 is 5.97 Å². The van der Waals surface area contributed by atoms with Crippen molar-refractivity contribution in [3.05, 3.63) is 71.8 Å². The van der Waals surface area contributed by atoms with Crippen LogP contribution in [-0.2, 0) is 14.4 Å². The minimum absolute atomic E-state index is 0.272. The third-order valence-corrected chi connectivity index (χ3v) is 3.47. The number of benzene rings is 2. The Kier molecular flexibility index (Phi) is 8.09. The number of allylic oxidation sites excluding steroid dienone is 1. The van der Waals surface area contributed by atoms with Gasteiger partial charge in [-0.05, 0) is 55.5 Å². The average Bonchev–Trinajstić information content (AvgIpc) is 2.73. The van der Waals surface area contributed by atoms with Crippen LogP contribution in [0.2, 0.25) is 0 Å². The van der Waals surface area contributed by atoms with Gasteiger partial charge in [0.15, 0.2) is 0 Å². The van der Waals surface area contributed by atoms with Gasteiger partial charge in [-0.2, -0.15) is 5.26 Å². The minimum atomic E-state index is -0.549. The lowest BCUT2D eigenvalue weighted by atomic mass is 10.2. The molecule has 7 heteroatoms. The van der Waals surface area contributed by atoms with Crippen molar-refractivity contribution in [2.45, 2.75) is 13.3 Å². The molecule has 7 nitrogen and oxygen atoms in total. The Hall–Kier alpha value is -3.79. The maximum absolute atomic E-state index is 12.0. The molecule has 1 N–H and O–H groups in total. The molecular formula is C21H20N2O5. The molecule has 0 aliphatic heterocycles. The molecule has 144 valence electrons. The summed E-state index contributed by atoms with van der Waals surface area (Å²) < 4.78 is 10.5. The zero-order valence-electron chi connectivity index (χ0n) is 15.4. The van der Waals surface area contributed by atoms with E-state index >= 15 is 0 Å². The van der Waals surface area contributed by atoms with Crippen LogP contribution in [0.4, 0.5) is 5.69 Å². The second kappa shape index (κ2) is 11.0. The summed E-state index contributed by atoms with van der Waals surface area (Å²) >= 11 is 0. The first-order valence-corrected chi connectivity index (χ1v) is 8.62. The minimum Gasteiger partial charge on any atom is -0.493 e. The van der Waals surface area contributed by atoms with Crippen molar-refractivity contribution in [2.24, 2.45) is 0 Å². The van der Waals surface area contributed by atoms with Gasteiger partial charge in [0.2, 0.25) is 0 Å². The van der Waals surface area contributed by atoms with E-state index in [2.05, 4.69) is 5.48 Å². The SMILES string of the molecule is CC=CC(=O)OCCCOc1ccc(C(=O)ONc2ccc(C#N)cc2)cc1. The summed E-state index contributed by atoms with van der Waals surface area (Å²) in [5.41, 5.74) is 3.97. The maximum Gasteiger partial charge on any atom is 0.362 e. The second-order valence-corrected chi connectivity index (χ2v) is 5.57. The van der Waals surface area contributed by atoms with E-state index in [4.69, 9.17) is 19.6 Å². The van der Waals surface area contributed by atoms with Gasteiger partial charge in [-0.3, -0.25) is 0 Å². The van der Waals surface area contributed by atoms with E-state index in [0.717, 1.165) is 0 Å². The van der Waals surface area contributed by atoms with Gasteiger partial charge < -0.3 is 14.3 Å². The topological polar surface area (TPSA) is 97.7 Å². The van der Waals surface area contributed by atoms with Gasteiger partial charge in [0.25, 0.3) is 0 Å². The van der Waals surface area contributed by atoms with Crippen LogP contribution in [0.3, 0.4) is 0 Å². The van der Waals surface area contributed by atoms with Crippen molar-refractivity contribution in [1.29, 1.82) is 5.26 Å². The number of anilines is 1. The average molecular weight is 380 g/mol. The Morgan fingerprint density at radius 2 is 1.79 bits per heavy atom.